The zero-order chi connectivity index (χ0) is 15.1. The third kappa shape index (κ3) is 5.03. The molecule has 2 rings (SSSR count). The van der Waals surface area contributed by atoms with Gasteiger partial charge in [0.2, 0.25) is 0 Å². The van der Waals surface area contributed by atoms with Gasteiger partial charge in [0.05, 0.1) is 11.9 Å². The molecule has 1 aromatic heterocycles. The number of hydrogen-bond acceptors (Lipinski definition) is 3. The van der Waals surface area contributed by atoms with Crippen LogP contribution in [0.3, 0.4) is 0 Å². The molecule has 1 fully saturated rings. The first-order chi connectivity index (χ1) is 10.2. The first-order valence-corrected chi connectivity index (χ1v) is 8.22. The summed E-state index contributed by atoms with van der Waals surface area (Å²) < 4.78 is 0. The Hall–Kier alpha value is -1.58. The number of nitrogens with zero attached hydrogens (tertiary/aromatic N) is 1. The van der Waals surface area contributed by atoms with Gasteiger partial charge in [-0.2, -0.15) is 0 Å². The third-order valence-corrected chi connectivity index (χ3v) is 4.21. The highest BCUT2D eigenvalue weighted by atomic mass is 16.1. The zero-order valence-electron chi connectivity index (χ0n) is 13.2. The van der Waals surface area contributed by atoms with Crippen LogP contribution >= 0.6 is 0 Å². The first kappa shape index (κ1) is 15.8. The second-order valence-corrected chi connectivity index (χ2v) is 6.05. The maximum Gasteiger partial charge on any atom is 0.270 e. The van der Waals surface area contributed by atoms with Crippen molar-refractivity contribution in [1.82, 2.24) is 10.3 Å². The van der Waals surface area contributed by atoms with Gasteiger partial charge in [-0.3, -0.25) is 4.79 Å². The van der Waals surface area contributed by atoms with Gasteiger partial charge in [-0.05, 0) is 38.3 Å². The van der Waals surface area contributed by atoms with Crippen LogP contribution in [-0.2, 0) is 0 Å². The minimum atomic E-state index is -0.0445. The van der Waals surface area contributed by atoms with Crippen LogP contribution < -0.4 is 10.6 Å². The van der Waals surface area contributed by atoms with Gasteiger partial charge in [-0.1, -0.05) is 32.6 Å². The lowest BCUT2D eigenvalue weighted by molar-refractivity contribution is 0.0928. The first-order valence-electron chi connectivity index (χ1n) is 8.22. The van der Waals surface area contributed by atoms with Crippen molar-refractivity contribution < 1.29 is 4.79 Å². The van der Waals surface area contributed by atoms with Crippen LogP contribution in [0.25, 0.3) is 0 Å². The van der Waals surface area contributed by atoms with Gasteiger partial charge in [0.15, 0.2) is 0 Å². The van der Waals surface area contributed by atoms with E-state index >= 15 is 0 Å². The predicted molar refractivity (Wildman–Crippen MR) is 86.6 cm³/mol. The Labute approximate surface area is 127 Å². The van der Waals surface area contributed by atoms with E-state index in [0.717, 1.165) is 24.9 Å². The minimum Gasteiger partial charge on any atom is -0.381 e. The normalized spacial score (nSPS) is 17.8. The van der Waals surface area contributed by atoms with Gasteiger partial charge >= 0.3 is 0 Å². The summed E-state index contributed by atoms with van der Waals surface area (Å²) in [5, 5.41) is 6.48. The maximum atomic E-state index is 12.2. The van der Waals surface area contributed by atoms with Crippen LogP contribution in [0.5, 0.6) is 0 Å². The standard InChI is InChI=1S/C17H27N3O/c1-3-13(2)19-15-10-11-16(18-12-15)17(21)20-14-8-6-4-5-7-9-14/h10-14,19H,3-9H2,1-2H3,(H,20,21). The van der Waals surface area contributed by atoms with Crippen LogP contribution in [0.1, 0.15) is 69.3 Å². The number of rotatable bonds is 5. The summed E-state index contributed by atoms with van der Waals surface area (Å²) in [6.45, 7) is 4.27. The highest BCUT2D eigenvalue weighted by Gasteiger charge is 2.16. The van der Waals surface area contributed by atoms with Crippen LogP contribution in [0.2, 0.25) is 0 Å². The number of amides is 1. The van der Waals surface area contributed by atoms with Crippen molar-refractivity contribution in [3.63, 3.8) is 0 Å². The summed E-state index contributed by atoms with van der Waals surface area (Å²) >= 11 is 0. The van der Waals surface area contributed by atoms with Crippen LogP contribution in [0, 0.1) is 0 Å². The number of pyridine rings is 1. The SMILES string of the molecule is CCC(C)Nc1ccc(C(=O)NC2CCCCCC2)nc1. The Morgan fingerprint density at radius 1 is 1.29 bits per heavy atom. The van der Waals surface area contributed by atoms with E-state index in [1.54, 1.807) is 12.3 Å². The molecule has 0 radical (unpaired) electrons. The topological polar surface area (TPSA) is 54.0 Å². The fraction of sp³-hybridized carbons (Fsp3) is 0.647. The summed E-state index contributed by atoms with van der Waals surface area (Å²) in [6, 6.07) is 4.47. The molecule has 1 atom stereocenters. The molecule has 0 spiro atoms. The molecule has 0 aliphatic heterocycles. The van der Waals surface area contributed by atoms with E-state index < -0.39 is 0 Å². The molecule has 0 aromatic carbocycles. The highest BCUT2D eigenvalue weighted by Crippen LogP contribution is 2.17. The van der Waals surface area contributed by atoms with Crippen LogP contribution in [0.4, 0.5) is 5.69 Å². The Balaban J connectivity index is 1.89. The Kier molecular flexibility index (Phi) is 6.03. The van der Waals surface area contributed by atoms with Crippen LogP contribution in [0.15, 0.2) is 18.3 Å². The van der Waals surface area contributed by atoms with E-state index in [1.807, 2.05) is 6.07 Å². The molecule has 1 saturated carbocycles. The quantitative estimate of drug-likeness (QED) is 0.812. The molecule has 1 aliphatic rings. The number of aromatic nitrogens is 1. The smallest absolute Gasteiger partial charge is 0.270 e. The average molecular weight is 289 g/mol. The van der Waals surface area contributed by atoms with Crippen LogP contribution in [-0.4, -0.2) is 23.0 Å². The van der Waals surface area contributed by atoms with Gasteiger partial charge < -0.3 is 10.6 Å². The Bertz CT molecular complexity index is 436. The van der Waals surface area contributed by atoms with E-state index in [4.69, 9.17) is 0 Å². The van der Waals surface area contributed by atoms with E-state index in [1.165, 1.54) is 25.7 Å². The lowest BCUT2D eigenvalue weighted by Crippen LogP contribution is -2.34. The zero-order valence-corrected chi connectivity index (χ0v) is 13.2. The average Bonchev–Trinajstić information content (AvgIpc) is 2.76. The lowest BCUT2D eigenvalue weighted by Gasteiger charge is -2.16. The molecule has 0 bridgehead atoms. The molecule has 1 aliphatic carbocycles. The van der Waals surface area contributed by atoms with Crippen molar-refractivity contribution in [1.29, 1.82) is 0 Å². The van der Waals surface area contributed by atoms with Crippen molar-refractivity contribution >= 4 is 11.6 Å². The molecule has 0 saturated heterocycles. The highest BCUT2D eigenvalue weighted by molar-refractivity contribution is 5.92. The van der Waals surface area contributed by atoms with E-state index in [0.29, 0.717) is 17.8 Å². The van der Waals surface area contributed by atoms with Crippen molar-refractivity contribution in [2.75, 3.05) is 5.32 Å². The molecular weight excluding hydrogens is 262 g/mol. The number of carbonyl (C=O) groups excluding carboxylic acids is 1. The molecule has 2 N–H and O–H groups in total. The molecule has 4 nitrogen and oxygen atoms in total. The van der Waals surface area contributed by atoms with Gasteiger partial charge in [0.1, 0.15) is 5.69 Å². The van der Waals surface area contributed by atoms with Gasteiger partial charge in [0.25, 0.3) is 5.91 Å². The largest absolute Gasteiger partial charge is 0.381 e. The van der Waals surface area contributed by atoms with E-state index in [-0.39, 0.29) is 5.91 Å². The molecule has 1 heterocycles. The summed E-state index contributed by atoms with van der Waals surface area (Å²) in [4.78, 5) is 16.5. The van der Waals surface area contributed by atoms with Crippen molar-refractivity contribution in [2.45, 2.75) is 70.9 Å². The van der Waals surface area contributed by atoms with Crippen molar-refractivity contribution in [3.05, 3.63) is 24.0 Å². The van der Waals surface area contributed by atoms with Gasteiger partial charge in [-0.25, -0.2) is 4.98 Å². The molecule has 1 unspecified atom stereocenters. The predicted octanol–water partition coefficient (Wildman–Crippen LogP) is 3.74. The fourth-order valence-corrected chi connectivity index (χ4v) is 2.68. The molecule has 116 valence electrons. The van der Waals surface area contributed by atoms with E-state index in [2.05, 4.69) is 29.5 Å². The Morgan fingerprint density at radius 3 is 2.57 bits per heavy atom. The van der Waals surface area contributed by atoms with E-state index in [9.17, 15) is 4.79 Å². The number of nitrogens with one attached hydrogen (secondary N) is 2. The fourth-order valence-electron chi connectivity index (χ4n) is 2.68. The summed E-state index contributed by atoms with van der Waals surface area (Å²) in [5.74, 6) is -0.0445. The summed E-state index contributed by atoms with van der Waals surface area (Å²) in [7, 11) is 0. The third-order valence-electron chi connectivity index (χ3n) is 4.21. The van der Waals surface area contributed by atoms with Crippen molar-refractivity contribution in [3.8, 4) is 0 Å². The molecule has 1 aromatic rings. The molecule has 21 heavy (non-hydrogen) atoms. The second-order valence-electron chi connectivity index (χ2n) is 6.05. The minimum absolute atomic E-state index is 0.0445. The lowest BCUT2D eigenvalue weighted by atomic mass is 10.1. The van der Waals surface area contributed by atoms with Gasteiger partial charge in [0, 0.05) is 12.1 Å². The molecule has 1 amide bonds. The van der Waals surface area contributed by atoms with Crippen molar-refractivity contribution in [2.24, 2.45) is 0 Å². The summed E-state index contributed by atoms with van der Waals surface area (Å²) in [6.07, 6.45) is 10.0. The monoisotopic (exact) mass is 289 g/mol. The second kappa shape index (κ2) is 8.01. The maximum absolute atomic E-state index is 12.2. The molecule has 4 heteroatoms. The molecular formula is C17H27N3O. The number of anilines is 1. The van der Waals surface area contributed by atoms with Gasteiger partial charge in [-0.15, -0.1) is 0 Å². The number of hydrogen-bond donors (Lipinski definition) is 2. The number of carbonyl (C=O) groups is 1. The summed E-state index contributed by atoms with van der Waals surface area (Å²) in [5.41, 5.74) is 1.48. The Morgan fingerprint density at radius 2 is 2.00 bits per heavy atom.